The number of aromatic nitrogens is 1. The van der Waals surface area contributed by atoms with E-state index in [0.29, 0.717) is 11.5 Å². The van der Waals surface area contributed by atoms with Gasteiger partial charge in [0, 0.05) is 18.3 Å². The fourth-order valence-corrected chi connectivity index (χ4v) is 1.33. The van der Waals surface area contributed by atoms with E-state index < -0.39 is 0 Å². The predicted molar refractivity (Wildman–Crippen MR) is 65.2 cm³/mol. The van der Waals surface area contributed by atoms with Crippen molar-refractivity contribution < 1.29 is 9.53 Å². The van der Waals surface area contributed by atoms with E-state index in [9.17, 15) is 4.79 Å². The number of nitrogens with two attached hydrogens (primary N) is 1. The molecule has 0 saturated carbocycles. The van der Waals surface area contributed by atoms with Crippen LogP contribution in [0.25, 0.3) is 0 Å². The van der Waals surface area contributed by atoms with Crippen LogP contribution in [0.3, 0.4) is 0 Å². The monoisotopic (exact) mass is 239 g/mol. The van der Waals surface area contributed by atoms with Gasteiger partial charge in [-0.1, -0.05) is 12.2 Å². The standard InChI is InChI=1S/C10H13N3O2S/c1-15-9(14)3-5-13-8-6-12-4-2-7(8)10(11)16/h2,4,6,13H,3,5H2,1H3,(H2,11,16). The number of nitrogens with one attached hydrogen (secondary N) is 1. The van der Waals surface area contributed by atoms with E-state index in [4.69, 9.17) is 18.0 Å². The molecule has 0 radical (unpaired) electrons. The first-order valence-electron chi connectivity index (χ1n) is 4.69. The summed E-state index contributed by atoms with van der Waals surface area (Å²) in [4.78, 5) is 15.1. The Morgan fingerprint density at radius 3 is 3.06 bits per heavy atom. The number of thiocarbonyl (C=S) groups is 1. The lowest BCUT2D eigenvalue weighted by atomic mass is 10.2. The molecule has 0 unspecified atom stereocenters. The lowest BCUT2D eigenvalue weighted by Gasteiger charge is -2.09. The quantitative estimate of drug-likeness (QED) is 0.581. The van der Waals surface area contributed by atoms with Gasteiger partial charge in [-0.3, -0.25) is 9.78 Å². The molecule has 0 spiro atoms. The van der Waals surface area contributed by atoms with Crippen LogP contribution in [0.4, 0.5) is 5.69 Å². The van der Waals surface area contributed by atoms with Crippen LogP contribution >= 0.6 is 12.2 Å². The highest BCUT2D eigenvalue weighted by atomic mass is 32.1. The molecule has 0 atom stereocenters. The third-order valence-corrected chi connectivity index (χ3v) is 2.18. The lowest BCUT2D eigenvalue weighted by molar-refractivity contribution is -0.140. The van der Waals surface area contributed by atoms with Gasteiger partial charge in [-0.25, -0.2) is 0 Å². The molecule has 1 aromatic heterocycles. The molecule has 0 amide bonds. The first kappa shape index (κ1) is 12.4. The molecular weight excluding hydrogens is 226 g/mol. The number of esters is 1. The summed E-state index contributed by atoms with van der Waals surface area (Å²) >= 11 is 4.89. The molecule has 5 nitrogen and oxygen atoms in total. The van der Waals surface area contributed by atoms with E-state index >= 15 is 0 Å². The van der Waals surface area contributed by atoms with Crippen LogP contribution in [0.1, 0.15) is 12.0 Å². The number of rotatable bonds is 5. The molecule has 1 heterocycles. The zero-order valence-corrected chi connectivity index (χ0v) is 9.71. The van der Waals surface area contributed by atoms with E-state index in [-0.39, 0.29) is 12.4 Å². The summed E-state index contributed by atoms with van der Waals surface area (Å²) in [5.41, 5.74) is 6.98. The minimum Gasteiger partial charge on any atom is -0.469 e. The van der Waals surface area contributed by atoms with Gasteiger partial charge in [0.15, 0.2) is 0 Å². The summed E-state index contributed by atoms with van der Waals surface area (Å²) in [6.45, 7) is 0.452. The highest BCUT2D eigenvalue weighted by Gasteiger charge is 2.05. The van der Waals surface area contributed by atoms with Crippen LogP contribution in [-0.4, -0.2) is 29.6 Å². The summed E-state index contributed by atoms with van der Waals surface area (Å²) in [5.74, 6) is -0.270. The van der Waals surface area contributed by atoms with Gasteiger partial charge in [-0.05, 0) is 6.07 Å². The first-order valence-corrected chi connectivity index (χ1v) is 5.10. The number of methoxy groups -OCH3 is 1. The average molecular weight is 239 g/mol. The molecule has 0 bridgehead atoms. The Labute approximate surface area is 99.0 Å². The average Bonchev–Trinajstić information content (AvgIpc) is 2.29. The summed E-state index contributed by atoms with van der Waals surface area (Å²) in [7, 11) is 1.35. The summed E-state index contributed by atoms with van der Waals surface area (Å²) in [6, 6.07) is 1.73. The maximum absolute atomic E-state index is 10.9. The number of anilines is 1. The van der Waals surface area contributed by atoms with Crippen molar-refractivity contribution >= 4 is 28.9 Å². The van der Waals surface area contributed by atoms with Crippen molar-refractivity contribution in [3.05, 3.63) is 24.0 Å². The largest absolute Gasteiger partial charge is 0.469 e. The van der Waals surface area contributed by atoms with E-state index in [1.165, 1.54) is 7.11 Å². The van der Waals surface area contributed by atoms with Gasteiger partial charge < -0.3 is 15.8 Å². The number of hydrogen-bond acceptors (Lipinski definition) is 5. The summed E-state index contributed by atoms with van der Waals surface area (Å²) < 4.78 is 4.52. The van der Waals surface area contributed by atoms with Gasteiger partial charge in [-0.2, -0.15) is 0 Å². The second-order valence-electron chi connectivity index (χ2n) is 3.04. The van der Waals surface area contributed by atoms with Gasteiger partial charge in [0.1, 0.15) is 4.99 Å². The van der Waals surface area contributed by atoms with Crippen LogP contribution in [-0.2, 0) is 9.53 Å². The molecule has 0 fully saturated rings. The van der Waals surface area contributed by atoms with Crippen molar-refractivity contribution in [1.29, 1.82) is 0 Å². The molecule has 0 aliphatic rings. The Kier molecular flexibility index (Phi) is 4.65. The maximum atomic E-state index is 10.9. The second kappa shape index (κ2) is 6.02. The Bertz CT molecular complexity index is 395. The third-order valence-electron chi connectivity index (χ3n) is 1.96. The summed E-state index contributed by atoms with van der Waals surface area (Å²) in [6.07, 6.45) is 3.51. The van der Waals surface area contributed by atoms with Gasteiger partial charge in [0.25, 0.3) is 0 Å². The van der Waals surface area contributed by atoms with Crippen molar-refractivity contribution in [2.24, 2.45) is 5.73 Å². The Hall–Kier alpha value is -1.69. The number of carbonyl (C=O) groups is 1. The first-order chi connectivity index (χ1) is 7.65. The van der Waals surface area contributed by atoms with Crippen LogP contribution in [0.5, 0.6) is 0 Å². The van der Waals surface area contributed by atoms with E-state index in [1.807, 2.05) is 0 Å². The van der Waals surface area contributed by atoms with Crippen molar-refractivity contribution in [2.45, 2.75) is 6.42 Å². The molecule has 3 N–H and O–H groups in total. The maximum Gasteiger partial charge on any atom is 0.307 e. The third kappa shape index (κ3) is 3.47. The van der Waals surface area contributed by atoms with Gasteiger partial charge in [0.2, 0.25) is 0 Å². The van der Waals surface area contributed by atoms with E-state index in [2.05, 4.69) is 15.0 Å². The second-order valence-corrected chi connectivity index (χ2v) is 3.48. The van der Waals surface area contributed by atoms with E-state index in [1.54, 1.807) is 18.5 Å². The predicted octanol–water partition coefficient (Wildman–Crippen LogP) is 0.691. The van der Waals surface area contributed by atoms with E-state index in [0.717, 1.165) is 11.3 Å². The van der Waals surface area contributed by atoms with Crippen LogP contribution in [0, 0.1) is 0 Å². The SMILES string of the molecule is COC(=O)CCNc1cnccc1C(N)=S. The Balaban J connectivity index is 2.60. The van der Waals surface area contributed by atoms with Crippen LogP contribution in [0.2, 0.25) is 0 Å². The number of carbonyl (C=O) groups excluding carboxylic acids is 1. The van der Waals surface area contributed by atoms with Gasteiger partial charge in [0.05, 0.1) is 25.4 Å². The minimum absolute atomic E-state index is 0.270. The fraction of sp³-hybridized carbons (Fsp3) is 0.300. The number of ether oxygens (including phenoxy) is 1. The molecule has 0 aliphatic carbocycles. The van der Waals surface area contributed by atoms with Gasteiger partial charge >= 0.3 is 5.97 Å². The number of hydrogen-bond donors (Lipinski definition) is 2. The van der Waals surface area contributed by atoms with Crippen molar-refractivity contribution in [1.82, 2.24) is 4.98 Å². The molecule has 0 aliphatic heterocycles. The Morgan fingerprint density at radius 2 is 2.44 bits per heavy atom. The fourth-order valence-electron chi connectivity index (χ4n) is 1.15. The zero-order chi connectivity index (χ0) is 12.0. The number of pyridine rings is 1. The normalized spacial score (nSPS) is 9.56. The molecule has 16 heavy (non-hydrogen) atoms. The highest BCUT2D eigenvalue weighted by molar-refractivity contribution is 7.80. The highest BCUT2D eigenvalue weighted by Crippen LogP contribution is 2.12. The van der Waals surface area contributed by atoms with Crippen molar-refractivity contribution in [3.63, 3.8) is 0 Å². The van der Waals surface area contributed by atoms with Crippen LogP contribution < -0.4 is 11.1 Å². The molecule has 0 aromatic carbocycles. The van der Waals surface area contributed by atoms with Crippen LogP contribution in [0.15, 0.2) is 18.5 Å². The van der Waals surface area contributed by atoms with Crippen molar-refractivity contribution in [2.75, 3.05) is 19.0 Å². The summed E-state index contributed by atoms with van der Waals surface area (Å²) in [5, 5.41) is 3.03. The Morgan fingerprint density at radius 1 is 1.69 bits per heavy atom. The smallest absolute Gasteiger partial charge is 0.307 e. The number of nitrogens with zero attached hydrogens (tertiary/aromatic N) is 1. The molecular formula is C10H13N3O2S. The van der Waals surface area contributed by atoms with Crippen molar-refractivity contribution in [3.8, 4) is 0 Å². The molecule has 6 heteroatoms. The zero-order valence-electron chi connectivity index (χ0n) is 8.90. The lowest BCUT2D eigenvalue weighted by Crippen LogP contribution is -2.15. The minimum atomic E-state index is -0.270. The molecule has 86 valence electrons. The molecule has 1 rings (SSSR count). The van der Waals surface area contributed by atoms with Gasteiger partial charge in [-0.15, -0.1) is 0 Å². The topological polar surface area (TPSA) is 77.2 Å². The molecule has 0 saturated heterocycles. The molecule has 1 aromatic rings.